The van der Waals surface area contributed by atoms with E-state index in [4.69, 9.17) is 5.73 Å². The van der Waals surface area contributed by atoms with Gasteiger partial charge in [0.05, 0.1) is 17.6 Å². The van der Waals surface area contributed by atoms with E-state index in [-0.39, 0.29) is 0 Å². The van der Waals surface area contributed by atoms with E-state index in [0.29, 0.717) is 18.1 Å². The first-order valence-corrected chi connectivity index (χ1v) is 6.97. The van der Waals surface area contributed by atoms with Crippen molar-refractivity contribution < 1.29 is 8.78 Å². The smallest absolute Gasteiger partial charge is 0.201 e. The number of hydrogen-bond acceptors (Lipinski definition) is 2. The Balaban J connectivity index is 2.05. The summed E-state index contributed by atoms with van der Waals surface area (Å²) in [6.07, 6.45) is 0. The van der Waals surface area contributed by atoms with E-state index in [1.165, 1.54) is 12.1 Å². The number of nitrogens with zero attached hydrogens (tertiary/aromatic N) is 2. The first-order chi connectivity index (χ1) is 9.54. The molecule has 102 valence electrons. The number of halogens is 3. The van der Waals surface area contributed by atoms with Gasteiger partial charge in [0.25, 0.3) is 0 Å². The number of benzene rings is 2. The number of fused-ring (bicyclic) bond motifs is 1. The van der Waals surface area contributed by atoms with Gasteiger partial charge in [0, 0.05) is 3.57 Å². The molecule has 20 heavy (non-hydrogen) atoms. The van der Waals surface area contributed by atoms with E-state index < -0.39 is 11.6 Å². The highest BCUT2D eigenvalue weighted by molar-refractivity contribution is 14.1. The molecule has 0 spiro atoms. The molecule has 3 aromatic rings. The molecular formula is C14H10F2IN3. The largest absolute Gasteiger partial charge is 0.369 e. The van der Waals surface area contributed by atoms with Gasteiger partial charge in [-0.2, -0.15) is 0 Å². The minimum absolute atomic E-state index is 0.347. The van der Waals surface area contributed by atoms with Crippen LogP contribution < -0.4 is 5.73 Å². The fraction of sp³-hybridized carbons (Fsp3) is 0.0714. The molecule has 1 aromatic heterocycles. The summed E-state index contributed by atoms with van der Waals surface area (Å²) in [7, 11) is 0. The average Bonchev–Trinajstić information content (AvgIpc) is 2.69. The topological polar surface area (TPSA) is 43.8 Å². The van der Waals surface area contributed by atoms with Crippen LogP contribution in [0.1, 0.15) is 5.56 Å². The van der Waals surface area contributed by atoms with E-state index in [9.17, 15) is 8.78 Å². The molecule has 0 radical (unpaired) electrons. The highest BCUT2D eigenvalue weighted by Crippen LogP contribution is 2.22. The van der Waals surface area contributed by atoms with Crippen LogP contribution in [0.2, 0.25) is 0 Å². The molecule has 0 atom stereocenters. The summed E-state index contributed by atoms with van der Waals surface area (Å²) >= 11 is 2.20. The summed E-state index contributed by atoms with van der Waals surface area (Å²) in [6.45, 7) is 0.347. The van der Waals surface area contributed by atoms with Crippen molar-refractivity contribution in [2.45, 2.75) is 6.54 Å². The van der Waals surface area contributed by atoms with Crippen LogP contribution >= 0.6 is 22.6 Å². The molecule has 0 aliphatic heterocycles. The lowest BCUT2D eigenvalue weighted by Gasteiger charge is -2.07. The molecule has 0 fully saturated rings. The molecule has 6 heteroatoms. The third-order valence-electron chi connectivity index (χ3n) is 3.06. The van der Waals surface area contributed by atoms with Crippen molar-refractivity contribution in [3.05, 3.63) is 57.2 Å². The second kappa shape index (κ2) is 5.01. The van der Waals surface area contributed by atoms with Crippen LogP contribution in [0.5, 0.6) is 0 Å². The molecule has 0 saturated heterocycles. The van der Waals surface area contributed by atoms with Gasteiger partial charge in [-0.1, -0.05) is 6.07 Å². The third-order valence-corrected chi connectivity index (χ3v) is 3.74. The summed E-state index contributed by atoms with van der Waals surface area (Å²) < 4.78 is 29.0. The first-order valence-electron chi connectivity index (χ1n) is 5.90. The lowest BCUT2D eigenvalue weighted by atomic mass is 10.2. The summed E-state index contributed by atoms with van der Waals surface area (Å²) in [5, 5.41) is 0. The maximum Gasteiger partial charge on any atom is 0.201 e. The standard InChI is InChI=1S/C14H10F2IN3/c15-10-3-1-8(5-11(10)16)7-20-13-4-2-9(17)6-12(13)19-14(20)18/h1-6H,7H2,(H2,18,19). The van der Waals surface area contributed by atoms with Gasteiger partial charge in [-0.25, -0.2) is 13.8 Å². The zero-order valence-electron chi connectivity index (χ0n) is 10.3. The van der Waals surface area contributed by atoms with E-state index in [2.05, 4.69) is 27.6 Å². The predicted octanol–water partition coefficient (Wildman–Crippen LogP) is 3.55. The maximum absolute atomic E-state index is 13.2. The van der Waals surface area contributed by atoms with Gasteiger partial charge in [-0.05, 0) is 58.5 Å². The lowest BCUT2D eigenvalue weighted by Crippen LogP contribution is -2.05. The van der Waals surface area contributed by atoms with Crippen molar-refractivity contribution >= 4 is 39.6 Å². The summed E-state index contributed by atoms with van der Waals surface area (Å²) in [6, 6.07) is 9.62. The molecule has 0 aliphatic rings. The molecule has 0 saturated carbocycles. The Bertz CT molecular complexity index is 798. The molecule has 1 heterocycles. The minimum atomic E-state index is -0.861. The minimum Gasteiger partial charge on any atom is -0.369 e. The maximum atomic E-state index is 13.2. The second-order valence-corrected chi connectivity index (χ2v) is 5.68. The number of anilines is 1. The van der Waals surface area contributed by atoms with Crippen molar-refractivity contribution in [1.82, 2.24) is 9.55 Å². The average molecular weight is 385 g/mol. The Morgan fingerprint density at radius 2 is 1.90 bits per heavy atom. The van der Waals surface area contributed by atoms with Crippen molar-refractivity contribution in [3.63, 3.8) is 0 Å². The molecular weight excluding hydrogens is 375 g/mol. The molecule has 2 N–H and O–H groups in total. The van der Waals surface area contributed by atoms with Gasteiger partial charge < -0.3 is 10.3 Å². The van der Waals surface area contributed by atoms with Crippen LogP contribution in [0, 0.1) is 15.2 Å². The molecule has 0 amide bonds. The normalized spacial score (nSPS) is 11.2. The van der Waals surface area contributed by atoms with Crippen molar-refractivity contribution in [3.8, 4) is 0 Å². The number of aromatic nitrogens is 2. The van der Waals surface area contributed by atoms with Crippen molar-refractivity contribution in [1.29, 1.82) is 0 Å². The number of imidazole rings is 1. The van der Waals surface area contributed by atoms with Crippen LogP contribution in [0.25, 0.3) is 11.0 Å². The van der Waals surface area contributed by atoms with Crippen LogP contribution in [-0.4, -0.2) is 9.55 Å². The molecule has 0 unspecified atom stereocenters. The number of hydrogen-bond donors (Lipinski definition) is 1. The van der Waals surface area contributed by atoms with Gasteiger partial charge in [0.15, 0.2) is 11.6 Å². The highest BCUT2D eigenvalue weighted by Gasteiger charge is 2.10. The predicted molar refractivity (Wildman–Crippen MR) is 82.3 cm³/mol. The zero-order chi connectivity index (χ0) is 14.3. The highest BCUT2D eigenvalue weighted by atomic mass is 127. The Hall–Kier alpha value is -1.70. The Kier molecular flexibility index (Phi) is 3.33. The first kappa shape index (κ1) is 13.3. The van der Waals surface area contributed by atoms with Crippen LogP contribution in [0.4, 0.5) is 14.7 Å². The van der Waals surface area contributed by atoms with Crippen LogP contribution in [0.15, 0.2) is 36.4 Å². The molecule has 2 aromatic carbocycles. The Morgan fingerprint density at radius 1 is 1.10 bits per heavy atom. The van der Waals surface area contributed by atoms with Gasteiger partial charge in [-0.15, -0.1) is 0 Å². The fourth-order valence-corrected chi connectivity index (χ4v) is 2.58. The van der Waals surface area contributed by atoms with E-state index in [1.54, 1.807) is 4.57 Å². The van der Waals surface area contributed by atoms with Crippen LogP contribution in [-0.2, 0) is 6.54 Å². The molecule has 3 nitrogen and oxygen atoms in total. The quantitative estimate of drug-likeness (QED) is 0.686. The van der Waals surface area contributed by atoms with Crippen molar-refractivity contribution in [2.24, 2.45) is 0 Å². The monoisotopic (exact) mass is 385 g/mol. The Labute approximate surface area is 127 Å². The lowest BCUT2D eigenvalue weighted by molar-refractivity contribution is 0.506. The summed E-state index contributed by atoms with van der Waals surface area (Å²) in [5.41, 5.74) is 8.19. The Morgan fingerprint density at radius 3 is 2.65 bits per heavy atom. The summed E-state index contributed by atoms with van der Waals surface area (Å²) in [4.78, 5) is 4.28. The third kappa shape index (κ3) is 2.35. The number of rotatable bonds is 2. The van der Waals surface area contributed by atoms with E-state index >= 15 is 0 Å². The number of nitrogens with two attached hydrogens (primary N) is 1. The fourth-order valence-electron chi connectivity index (χ4n) is 2.11. The van der Waals surface area contributed by atoms with E-state index in [1.807, 2.05) is 18.2 Å². The molecule has 0 aliphatic carbocycles. The SMILES string of the molecule is Nc1nc2cc(I)ccc2n1Cc1ccc(F)c(F)c1. The molecule has 0 bridgehead atoms. The van der Waals surface area contributed by atoms with Gasteiger partial charge in [0.1, 0.15) is 0 Å². The van der Waals surface area contributed by atoms with Gasteiger partial charge in [0.2, 0.25) is 5.95 Å². The van der Waals surface area contributed by atoms with Crippen LogP contribution in [0.3, 0.4) is 0 Å². The molecule has 3 rings (SSSR count). The summed E-state index contributed by atoms with van der Waals surface area (Å²) in [5.74, 6) is -1.36. The van der Waals surface area contributed by atoms with Gasteiger partial charge >= 0.3 is 0 Å². The van der Waals surface area contributed by atoms with E-state index in [0.717, 1.165) is 20.7 Å². The number of nitrogen functional groups attached to an aromatic ring is 1. The second-order valence-electron chi connectivity index (χ2n) is 4.44. The van der Waals surface area contributed by atoms with Crippen molar-refractivity contribution in [2.75, 3.05) is 5.73 Å². The van der Waals surface area contributed by atoms with Gasteiger partial charge in [-0.3, -0.25) is 0 Å². The zero-order valence-corrected chi connectivity index (χ0v) is 12.4.